The van der Waals surface area contributed by atoms with Gasteiger partial charge in [-0.1, -0.05) is 6.07 Å². The first kappa shape index (κ1) is 25.3. The van der Waals surface area contributed by atoms with Crippen molar-refractivity contribution < 1.29 is 24.1 Å². The van der Waals surface area contributed by atoms with E-state index in [0.29, 0.717) is 17.1 Å². The molecule has 0 radical (unpaired) electrons. The van der Waals surface area contributed by atoms with E-state index in [9.17, 15) is 9.90 Å². The monoisotopic (exact) mass is 470 g/mol. The van der Waals surface area contributed by atoms with Crippen molar-refractivity contribution >= 4 is 12.1 Å². The molecule has 0 unspecified atom stereocenters. The average molecular weight is 471 g/mol. The summed E-state index contributed by atoms with van der Waals surface area (Å²) in [7, 11) is 4.69. The quantitative estimate of drug-likeness (QED) is 0.429. The van der Waals surface area contributed by atoms with Crippen LogP contribution >= 0.6 is 0 Å². The lowest BCUT2D eigenvalue weighted by Crippen LogP contribution is -2.48. The van der Waals surface area contributed by atoms with Gasteiger partial charge in [0, 0.05) is 44.9 Å². The molecule has 0 aromatic heterocycles. The highest BCUT2D eigenvalue weighted by atomic mass is 16.5. The van der Waals surface area contributed by atoms with Crippen molar-refractivity contribution in [3.63, 3.8) is 0 Å². The number of rotatable bonds is 9. The van der Waals surface area contributed by atoms with Crippen LogP contribution in [0.5, 0.6) is 23.0 Å². The van der Waals surface area contributed by atoms with Gasteiger partial charge in [-0.3, -0.25) is 14.6 Å². The molecule has 3 rings (SSSR count). The van der Waals surface area contributed by atoms with E-state index in [2.05, 4.69) is 46.3 Å². The van der Waals surface area contributed by atoms with E-state index in [1.165, 1.54) is 43.2 Å². The minimum atomic E-state index is -0.212. The molecule has 184 valence electrons. The van der Waals surface area contributed by atoms with Gasteiger partial charge in [-0.15, -0.1) is 0 Å². The van der Waals surface area contributed by atoms with Crippen LogP contribution in [0.15, 0.2) is 29.4 Å². The molecular formula is C25H34N4O5. The van der Waals surface area contributed by atoms with Gasteiger partial charge in [0.15, 0.2) is 0 Å². The average Bonchev–Trinajstić information content (AvgIpc) is 2.83. The summed E-state index contributed by atoms with van der Waals surface area (Å²) in [5, 5.41) is 14.1. The number of phenolic OH excluding ortho intramolecular Hbond substituents is 1. The van der Waals surface area contributed by atoms with Crippen molar-refractivity contribution in [3.8, 4) is 23.0 Å². The van der Waals surface area contributed by atoms with E-state index in [-0.39, 0.29) is 18.2 Å². The number of hydrazone groups is 1. The van der Waals surface area contributed by atoms with Gasteiger partial charge in [-0.05, 0) is 36.6 Å². The smallest absolute Gasteiger partial charge is 0.254 e. The summed E-state index contributed by atoms with van der Waals surface area (Å²) < 4.78 is 15.9. The highest BCUT2D eigenvalue weighted by Crippen LogP contribution is 2.31. The van der Waals surface area contributed by atoms with Crippen LogP contribution in [0.3, 0.4) is 0 Å². The van der Waals surface area contributed by atoms with E-state index >= 15 is 0 Å². The number of aryl methyl sites for hydroxylation is 1. The van der Waals surface area contributed by atoms with E-state index in [0.717, 1.165) is 38.5 Å². The van der Waals surface area contributed by atoms with Crippen molar-refractivity contribution in [1.29, 1.82) is 0 Å². The van der Waals surface area contributed by atoms with Crippen LogP contribution < -0.4 is 19.6 Å². The fourth-order valence-electron chi connectivity index (χ4n) is 3.98. The number of benzene rings is 2. The zero-order valence-corrected chi connectivity index (χ0v) is 20.6. The molecule has 2 aromatic rings. The second-order valence-corrected chi connectivity index (χ2v) is 8.35. The number of ether oxygens (including phenoxy) is 3. The number of carbonyl (C=O) groups is 1. The summed E-state index contributed by atoms with van der Waals surface area (Å²) in [6.45, 7) is 8.64. The third-order valence-corrected chi connectivity index (χ3v) is 6.07. The Bertz CT molecular complexity index is 1030. The Kier molecular flexibility index (Phi) is 8.72. The van der Waals surface area contributed by atoms with Gasteiger partial charge in [0.1, 0.15) is 23.0 Å². The lowest BCUT2D eigenvalue weighted by Gasteiger charge is -2.34. The Hall–Kier alpha value is -3.30. The minimum Gasteiger partial charge on any atom is -0.507 e. The summed E-state index contributed by atoms with van der Waals surface area (Å²) >= 11 is 0. The first-order chi connectivity index (χ1) is 16.3. The Labute approximate surface area is 200 Å². The zero-order valence-electron chi connectivity index (χ0n) is 20.6. The molecule has 9 heteroatoms. The Balaban J connectivity index is 1.48. The van der Waals surface area contributed by atoms with Crippen LogP contribution in [-0.4, -0.2) is 81.1 Å². The molecule has 0 atom stereocenters. The number of hydrogen-bond acceptors (Lipinski definition) is 8. The molecule has 1 aliphatic rings. The maximum Gasteiger partial charge on any atom is 0.254 e. The molecule has 9 nitrogen and oxygen atoms in total. The van der Waals surface area contributed by atoms with Gasteiger partial charge < -0.3 is 19.3 Å². The number of phenols is 1. The topological polar surface area (TPSA) is 95.9 Å². The third-order valence-electron chi connectivity index (χ3n) is 6.07. The molecule has 1 heterocycles. The van der Waals surface area contributed by atoms with E-state index in [1.54, 1.807) is 13.2 Å². The van der Waals surface area contributed by atoms with Crippen molar-refractivity contribution in [3.05, 3.63) is 46.5 Å². The lowest BCUT2D eigenvalue weighted by atomic mass is 10.0. The highest BCUT2D eigenvalue weighted by Gasteiger charge is 2.19. The SMILES string of the molecule is COc1cc(O)c(/C=N/NC(=O)CN2CCN(Cc3cc(C)c(C)c(OC)c3)CC2)c(OC)c1. The predicted molar refractivity (Wildman–Crippen MR) is 131 cm³/mol. The molecule has 0 aliphatic carbocycles. The second-order valence-electron chi connectivity index (χ2n) is 8.35. The lowest BCUT2D eigenvalue weighted by molar-refractivity contribution is -0.122. The fraction of sp³-hybridized carbons (Fsp3) is 0.440. The summed E-state index contributed by atoms with van der Waals surface area (Å²) in [5.74, 6) is 1.52. The summed E-state index contributed by atoms with van der Waals surface area (Å²) in [6, 6.07) is 7.41. The number of aromatic hydroxyl groups is 1. The Morgan fingerprint density at radius 2 is 1.68 bits per heavy atom. The number of amides is 1. The van der Waals surface area contributed by atoms with Gasteiger partial charge in [-0.2, -0.15) is 5.10 Å². The van der Waals surface area contributed by atoms with Crippen LogP contribution in [0.4, 0.5) is 0 Å². The normalized spacial score (nSPS) is 14.9. The van der Waals surface area contributed by atoms with Crippen LogP contribution in [0.2, 0.25) is 0 Å². The molecule has 0 spiro atoms. The number of nitrogens with zero attached hydrogens (tertiary/aromatic N) is 3. The minimum absolute atomic E-state index is 0.0493. The van der Waals surface area contributed by atoms with Gasteiger partial charge >= 0.3 is 0 Å². The standard InChI is InChI=1S/C25H34N4O5/c1-17-10-19(11-23(33-4)18(17)2)15-28-6-8-29(9-7-28)16-25(31)27-26-14-21-22(30)12-20(32-3)13-24(21)34-5/h10-14,30H,6-9,15-16H2,1-5H3,(H,27,31)/b26-14+. The third kappa shape index (κ3) is 6.39. The molecule has 2 N–H and O–H groups in total. The van der Waals surface area contributed by atoms with E-state index in [4.69, 9.17) is 14.2 Å². The van der Waals surface area contributed by atoms with Crippen molar-refractivity contribution in [1.82, 2.24) is 15.2 Å². The molecule has 1 saturated heterocycles. The second kappa shape index (κ2) is 11.7. The molecule has 1 aliphatic heterocycles. The van der Waals surface area contributed by atoms with Crippen LogP contribution in [0.1, 0.15) is 22.3 Å². The fourth-order valence-corrected chi connectivity index (χ4v) is 3.98. The first-order valence-electron chi connectivity index (χ1n) is 11.2. The van der Waals surface area contributed by atoms with Crippen LogP contribution in [0, 0.1) is 13.8 Å². The van der Waals surface area contributed by atoms with Crippen LogP contribution in [0.25, 0.3) is 0 Å². The molecule has 0 saturated carbocycles. The molecule has 1 fully saturated rings. The number of hydrogen-bond donors (Lipinski definition) is 2. The predicted octanol–water partition coefficient (Wildman–Crippen LogP) is 2.30. The Morgan fingerprint density at radius 1 is 1.00 bits per heavy atom. The first-order valence-corrected chi connectivity index (χ1v) is 11.2. The van der Waals surface area contributed by atoms with Gasteiger partial charge in [0.25, 0.3) is 5.91 Å². The van der Waals surface area contributed by atoms with Crippen molar-refractivity contribution in [2.45, 2.75) is 20.4 Å². The van der Waals surface area contributed by atoms with Crippen LogP contribution in [-0.2, 0) is 11.3 Å². The largest absolute Gasteiger partial charge is 0.507 e. The van der Waals surface area contributed by atoms with Crippen molar-refractivity contribution in [2.75, 3.05) is 54.1 Å². The van der Waals surface area contributed by atoms with Crippen molar-refractivity contribution in [2.24, 2.45) is 5.10 Å². The van der Waals surface area contributed by atoms with Gasteiger partial charge in [0.2, 0.25) is 0 Å². The maximum atomic E-state index is 12.3. The molecule has 0 bridgehead atoms. The number of methoxy groups -OCH3 is 3. The van der Waals surface area contributed by atoms with Gasteiger partial charge in [0.05, 0.1) is 39.7 Å². The summed E-state index contributed by atoms with van der Waals surface area (Å²) in [4.78, 5) is 16.8. The molecular weight excluding hydrogens is 436 g/mol. The Morgan fingerprint density at radius 3 is 2.32 bits per heavy atom. The molecule has 2 aromatic carbocycles. The number of piperazine rings is 1. The summed E-state index contributed by atoms with van der Waals surface area (Å²) in [5.41, 5.74) is 6.52. The molecule has 1 amide bonds. The van der Waals surface area contributed by atoms with E-state index < -0.39 is 0 Å². The maximum absolute atomic E-state index is 12.3. The zero-order chi connectivity index (χ0) is 24.7. The van der Waals surface area contributed by atoms with E-state index in [1.807, 2.05) is 0 Å². The highest BCUT2D eigenvalue weighted by molar-refractivity contribution is 5.89. The molecule has 34 heavy (non-hydrogen) atoms. The number of carbonyl (C=O) groups excluding carboxylic acids is 1. The summed E-state index contributed by atoms with van der Waals surface area (Å²) in [6.07, 6.45) is 1.36. The van der Waals surface area contributed by atoms with Gasteiger partial charge in [-0.25, -0.2) is 5.43 Å². The number of nitrogens with one attached hydrogen (secondary N) is 1.